The average Bonchev–Trinajstić information content (AvgIpc) is 2.89. The summed E-state index contributed by atoms with van der Waals surface area (Å²) in [5.74, 6) is 0. The average molecular weight is 339 g/mol. The number of rotatable bonds is 4. The van der Waals surface area contributed by atoms with Gasteiger partial charge in [0.05, 0.1) is 3.79 Å². The summed E-state index contributed by atoms with van der Waals surface area (Å²) in [6, 6.07) is 3.69. The number of sulfonamides is 1. The topological polar surface area (TPSA) is 49.4 Å². The lowest BCUT2D eigenvalue weighted by Gasteiger charge is -2.20. The Balaban J connectivity index is 2.09. The Morgan fingerprint density at radius 1 is 1.59 bits per heavy atom. The third-order valence-electron chi connectivity index (χ3n) is 2.85. The van der Waals surface area contributed by atoms with Crippen LogP contribution in [0.25, 0.3) is 0 Å². The number of nitrogens with zero attached hydrogens (tertiary/aromatic N) is 1. The minimum absolute atomic E-state index is 0.290. The first-order valence-electron chi connectivity index (χ1n) is 5.45. The van der Waals surface area contributed by atoms with E-state index in [1.54, 1.807) is 19.2 Å². The summed E-state index contributed by atoms with van der Waals surface area (Å²) in [5, 5.41) is 3.30. The molecule has 1 aliphatic rings. The molecular weight excluding hydrogens is 324 g/mol. The van der Waals surface area contributed by atoms with Crippen LogP contribution in [0.5, 0.6) is 0 Å². The van der Waals surface area contributed by atoms with E-state index in [9.17, 15) is 8.42 Å². The van der Waals surface area contributed by atoms with E-state index in [4.69, 9.17) is 0 Å². The van der Waals surface area contributed by atoms with Crippen LogP contribution in [0, 0.1) is 0 Å². The van der Waals surface area contributed by atoms with Crippen molar-refractivity contribution in [2.75, 3.05) is 20.1 Å². The summed E-state index contributed by atoms with van der Waals surface area (Å²) in [7, 11) is -1.68. The fourth-order valence-corrected chi connectivity index (χ4v) is 5.35. The van der Waals surface area contributed by atoms with Crippen LogP contribution in [0.1, 0.15) is 12.8 Å². The molecule has 0 aliphatic carbocycles. The van der Waals surface area contributed by atoms with Gasteiger partial charge < -0.3 is 5.32 Å². The lowest BCUT2D eigenvalue weighted by Crippen LogP contribution is -2.38. The molecule has 1 aromatic rings. The second-order valence-electron chi connectivity index (χ2n) is 4.14. The Kier molecular flexibility index (Phi) is 4.25. The standard InChI is InChI=1S/C10H15BrN2O2S2/c1-13(7-8-3-2-6-12-8)17(14,15)10-5-4-9(11)16-10/h4-5,8,12H,2-3,6-7H2,1H3. The summed E-state index contributed by atoms with van der Waals surface area (Å²) in [6.45, 7) is 1.53. The Hall–Kier alpha value is 0.0500. The summed E-state index contributed by atoms with van der Waals surface area (Å²) < 4.78 is 27.1. The quantitative estimate of drug-likeness (QED) is 0.911. The highest BCUT2D eigenvalue weighted by molar-refractivity contribution is 9.11. The number of hydrogen-bond donors (Lipinski definition) is 1. The van der Waals surface area contributed by atoms with E-state index in [1.807, 2.05) is 0 Å². The maximum atomic E-state index is 12.2. The molecule has 96 valence electrons. The molecule has 2 rings (SSSR count). The highest BCUT2D eigenvalue weighted by Crippen LogP contribution is 2.28. The minimum atomic E-state index is -3.32. The molecule has 17 heavy (non-hydrogen) atoms. The fraction of sp³-hybridized carbons (Fsp3) is 0.600. The maximum absolute atomic E-state index is 12.2. The molecule has 1 saturated heterocycles. The van der Waals surface area contributed by atoms with Gasteiger partial charge in [0, 0.05) is 19.6 Å². The zero-order valence-electron chi connectivity index (χ0n) is 9.52. The number of likely N-dealkylation sites (N-methyl/N-ethyl adjacent to an activating group) is 1. The zero-order valence-corrected chi connectivity index (χ0v) is 12.7. The monoisotopic (exact) mass is 338 g/mol. The fourth-order valence-electron chi connectivity index (χ4n) is 1.91. The molecule has 0 amide bonds. The lowest BCUT2D eigenvalue weighted by atomic mass is 10.2. The van der Waals surface area contributed by atoms with Gasteiger partial charge in [-0.15, -0.1) is 11.3 Å². The van der Waals surface area contributed by atoms with Crippen LogP contribution in [-0.2, 0) is 10.0 Å². The Bertz CT molecular complexity index is 480. The molecule has 1 atom stereocenters. The van der Waals surface area contributed by atoms with E-state index in [0.717, 1.165) is 23.2 Å². The van der Waals surface area contributed by atoms with Gasteiger partial charge in [0.25, 0.3) is 10.0 Å². The van der Waals surface area contributed by atoms with Gasteiger partial charge in [-0.3, -0.25) is 0 Å². The highest BCUT2D eigenvalue weighted by Gasteiger charge is 2.26. The molecule has 0 bridgehead atoms. The van der Waals surface area contributed by atoms with Gasteiger partial charge >= 0.3 is 0 Å². The van der Waals surface area contributed by atoms with Gasteiger partial charge in [0.2, 0.25) is 0 Å². The summed E-state index contributed by atoms with van der Waals surface area (Å²) in [5.41, 5.74) is 0. The number of thiophene rings is 1. The van der Waals surface area contributed by atoms with Crippen molar-refractivity contribution in [2.24, 2.45) is 0 Å². The largest absolute Gasteiger partial charge is 0.313 e. The van der Waals surface area contributed by atoms with Crippen LogP contribution >= 0.6 is 27.3 Å². The SMILES string of the molecule is CN(CC1CCCN1)S(=O)(=O)c1ccc(Br)s1. The lowest BCUT2D eigenvalue weighted by molar-refractivity contribution is 0.418. The van der Waals surface area contributed by atoms with Gasteiger partial charge in [-0.25, -0.2) is 8.42 Å². The smallest absolute Gasteiger partial charge is 0.252 e. The van der Waals surface area contributed by atoms with Crippen LogP contribution in [0.3, 0.4) is 0 Å². The van der Waals surface area contributed by atoms with E-state index in [-0.39, 0.29) is 6.04 Å². The first-order valence-corrected chi connectivity index (χ1v) is 8.50. The molecule has 0 spiro atoms. The Labute approximate surface area is 114 Å². The molecule has 7 heteroatoms. The Morgan fingerprint density at radius 2 is 2.35 bits per heavy atom. The van der Waals surface area contributed by atoms with Crippen molar-refractivity contribution in [3.63, 3.8) is 0 Å². The number of hydrogen-bond acceptors (Lipinski definition) is 4. The summed E-state index contributed by atoms with van der Waals surface area (Å²) >= 11 is 4.53. The Morgan fingerprint density at radius 3 is 2.88 bits per heavy atom. The molecule has 4 nitrogen and oxygen atoms in total. The second kappa shape index (κ2) is 5.36. The van der Waals surface area contributed by atoms with Gasteiger partial charge in [0.1, 0.15) is 4.21 Å². The maximum Gasteiger partial charge on any atom is 0.252 e. The summed E-state index contributed by atoms with van der Waals surface area (Å²) in [6.07, 6.45) is 2.18. The van der Waals surface area contributed by atoms with Crippen molar-refractivity contribution in [1.29, 1.82) is 0 Å². The van der Waals surface area contributed by atoms with Crippen LogP contribution in [-0.4, -0.2) is 38.9 Å². The molecule has 1 N–H and O–H groups in total. The zero-order chi connectivity index (χ0) is 12.5. The number of nitrogens with one attached hydrogen (secondary N) is 1. The van der Waals surface area contributed by atoms with Crippen molar-refractivity contribution in [1.82, 2.24) is 9.62 Å². The molecule has 1 aromatic heterocycles. The van der Waals surface area contributed by atoms with Crippen LogP contribution in [0.2, 0.25) is 0 Å². The van der Waals surface area contributed by atoms with Crippen molar-refractivity contribution >= 4 is 37.3 Å². The first kappa shape index (κ1) is 13.5. The van der Waals surface area contributed by atoms with E-state index in [0.29, 0.717) is 10.8 Å². The third kappa shape index (κ3) is 3.08. The first-order chi connectivity index (χ1) is 8.00. The normalized spacial score (nSPS) is 21.2. The van der Waals surface area contributed by atoms with Crippen molar-refractivity contribution in [3.05, 3.63) is 15.9 Å². The van der Waals surface area contributed by atoms with Crippen molar-refractivity contribution in [2.45, 2.75) is 23.1 Å². The van der Waals surface area contributed by atoms with Gasteiger partial charge in [0.15, 0.2) is 0 Å². The highest BCUT2D eigenvalue weighted by atomic mass is 79.9. The number of halogens is 1. The molecule has 1 aliphatic heterocycles. The van der Waals surface area contributed by atoms with E-state index < -0.39 is 10.0 Å². The predicted molar refractivity (Wildman–Crippen MR) is 72.9 cm³/mol. The molecule has 0 saturated carbocycles. The predicted octanol–water partition coefficient (Wildman–Crippen LogP) is 1.88. The van der Waals surface area contributed by atoms with Crippen LogP contribution in [0.4, 0.5) is 0 Å². The van der Waals surface area contributed by atoms with Gasteiger partial charge in [-0.05, 0) is 47.4 Å². The van der Waals surface area contributed by atoms with Gasteiger partial charge in [-0.2, -0.15) is 4.31 Å². The molecule has 2 heterocycles. The molecule has 1 fully saturated rings. The third-order valence-corrected chi connectivity index (χ3v) is 6.77. The van der Waals surface area contributed by atoms with E-state index >= 15 is 0 Å². The minimum Gasteiger partial charge on any atom is -0.313 e. The van der Waals surface area contributed by atoms with Crippen molar-refractivity contribution in [3.8, 4) is 0 Å². The molecule has 0 radical (unpaired) electrons. The van der Waals surface area contributed by atoms with Gasteiger partial charge in [-0.1, -0.05) is 0 Å². The van der Waals surface area contributed by atoms with Crippen LogP contribution in [0.15, 0.2) is 20.1 Å². The molecule has 0 aromatic carbocycles. The van der Waals surface area contributed by atoms with Crippen molar-refractivity contribution < 1.29 is 8.42 Å². The van der Waals surface area contributed by atoms with E-state index in [2.05, 4.69) is 21.2 Å². The summed E-state index contributed by atoms with van der Waals surface area (Å²) in [4.78, 5) is 0. The van der Waals surface area contributed by atoms with Crippen LogP contribution < -0.4 is 5.32 Å². The second-order valence-corrected chi connectivity index (χ2v) is 8.87. The van der Waals surface area contributed by atoms with E-state index in [1.165, 1.54) is 15.6 Å². The molecular formula is C10H15BrN2O2S2. The molecule has 1 unspecified atom stereocenters.